The highest BCUT2D eigenvalue weighted by molar-refractivity contribution is 5.72. The Hall–Kier alpha value is -2.27. The number of aryl methyl sites for hydroxylation is 2. The van der Waals surface area contributed by atoms with Gasteiger partial charge in [0, 0.05) is 31.5 Å². The highest BCUT2D eigenvalue weighted by Crippen LogP contribution is 2.30. The summed E-state index contributed by atoms with van der Waals surface area (Å²) < 4.78 is 4.94. The third-order valence-corrected chi connectivity index (χ3v) is 5.69. The molecule has 2 aromatic heterocycles. The molecule has 5 heteroatoms. The van der Waals surface area contributed by atoms with E-state index in [4.69, 9.17) is 4.74 Å². The average molecular weight is 367 g/mol. The van der Waals surface area contributed by atoms with Gasteiger partial charge < -0.3 is 4.74 Å². The molecule has 27 heavy (non-hydrogen) atoms. The van der Waals surface area contributed by atoms with Crippen LogP contribution in [0.15, 0.2) is 36.7 Å². The Morgan fingerprint density at radius 3 is 1.96 bits per heavy atom. The number of rotatable bonds is 6. The number of carbonyl (C=O) groups excluding carboxylic acids is 1. The topological polar surface area (TPSA) is 55.3 Å². The first-order valence-electron chi connectivity index (χ1n) is 9.71. The summed E-state index contributed by atoms with van der Waals surface area (Å²) in [6, 6.07) is 8.61. The monoisotopic (exact) mass is 367 g/mol. The fourth-order valence-corrected chi connectivity index (χ4v) is 3.91. The van der Waals surface area contributed by atoms with Crippen LogP contribution in [-0.4, -0.2) is 34.0 Å². The summed E-state index contributed by atoms with van der Waals surface area (Å²) in [4.78, 5) is 23.5. The zero-order valence-corrected chi connectivity index (χ0v) is 16.5. The second-order valence-corrected chi connectivity index (χ2v) is 7.47. The maximum Gasteiger partial charge on any atom is 0.308 e. The first-order valence-corrected chi connectivity index (χ1v) is 9.71. The summed E-state index contributed by atoms with van der Waals surface area (Å²) in [5.74, 6) is -0.0255. The molecule has 144 valence electrons. The van der Waals surface area contributed by atoms with Gasteiger partial charge in [0.15, 0.2) is 0 Å². The molecule has 0 saturated heterocycles. The SMILES string of the molecule is COC(=O)[C@H]1CC[C@H](N(Cc2ncccc2C)Cc2ncccc2C)CC1. The smallest absolute Gasteiger partial charge is 0.308 e. The molecule has 1 aliphatic carbocycles. The summed E-state index contributed by atoms with van der Waals surface area (Å²) in [5, 5.41) is 0. The van der Waals surface area contributed by atoms with Crippen molar-refractivity contribution in [3.8, 4) is 0 Å². The van der Waals surface area contributed by atoms with Gasteiger partial charge in [0.05, 0.1) is 24.4 Å². The average Bonchev–Trinajstić information content (AvgIpc) is 2.70. The van der Waals surface area contributed by atoms with Gasteiger partial charge in [-0.3, -0.25) is 19.7 Å². The van der Waals surface area contributed by atoms with Crippen molar-refractivity contribution in [2.45, 2.75) is 58.7 Å². The van der Waals surface area contributed by atoms with Crippen LogP contribution >= 0.6 is 0 Å². The summed E-state index contributed by atoms with van der Waals surface area (Å²) in [5.41, 5.74) is 4.65. The van der Waals surface area contributed by atoms with Crippen LogP contribution in [0.3, 0.4) is 0 Å². The summed E-state index contributed by atoms with van der Waals surface area (Å²) in [7, 11) is 1.48. The first kappa shape index (κ1) is 19.5. The Morgan fingerprint density at radius 2 is 1.52 bits per heavy atom. The highest BCUT2D eigenvalue weighted by atomic mass is 16.5. The van der Waals surface area contributed by atoms with E-state index in [1.807, 2.05) is 24.5 Å². The molecule has 0 amide bonds. The highest BCUT2D eigenvalue weighted by Gasteiger charge is 2.30. The summed E-state index contributed by atoms with van der Waals surface area (Å²) in [6.07, 6.45) is 7.49. The molecule has 0 radical (unpaired) electrons. The molecule has 0 N–H and O–H groups in total. The Bertz CT molecular complexity index is 722. The molecule has 5 nitrogen and oxygen atoms in total. The van der Waals surface area contributed by atoms with Crippen molar-refractivity contribution in [1.82, 2.24) is 14.9 Å². The second-order valence-electron chi connectivity index (χ2n) is 7.47. The molecule has 0 unspecified atom stereocenters. The predicted molar refractivity (Wildman–Crippen MR) is 105 cm³/mol. The van der Waals surface area contributed by atoms with Crippen molar-refractivity contribution in [1.29, 1.82) is 0 Å². The van der Waals surface area contributed by atoms with Crippen LogP contribution in [0.2, 0.25) is 0 Å². The van der Waals surface area contributed by atoms with E-state index in [2.05, 4.69) is 40.8 Å². The van der Waals surface area contributed by atoms with E-state index in [-0.39, 0.29) is 11.9 Å². The minimum atomic E-state index is -0.0684. The van der Waals surface area contributed by atoms with Crippen LogP contribution in [-0.2, 0) is 22.6 Å². The van der Waals surface area contributed by atoms with Crippen LogP contribution in [0.5, 0.6) is 0 Å². The molecule has 2 aromatic rings. The third-order valence-electron chi connectivity index (χ3n) is 5.69. The number of hydrogen-bond acceptors (Lipinski definition) is 5. The van der Waals surface area contributed by atoms with E-state index >= 15 is 0 Å². The zero-order valence-electron chi connectivity index (χ0n) is 16.5. The van der Waals surface area contributed by atoms with E-state index in [1.54, 1.807) is 0 Å². The van der Waals surface area contributed by atoms with Crippen molar-refractivity contribution in [3.63, 3.8) is 0 Å². The molecule has 0 atom stereocenters. The van der Waals surface area contributed by atoms with Crippen molar-refractivity contribution in [3.05, 3.63) is 59.2 Å². The lowest BCUT2D eigenvalue weighted by Gasteiger charge is -2.36. The van der Waals surface area contributed by atoms with Crippen LogP contribution in [0.1, 0.15) is 48.2 Å². The van der Waals surface area contributed by atoms with Crippen LogP contribution in [0, 0.1) is 19.8 Å². The van der Waals surface area contributed by atoms with Gasteiger partial charge in [-0.15, -0.1) is 0 Å². The van der Waals surface area contributed by atoms with E-state index in [1.165, 1.54) is 18.2 Å². The molecule has 0 aliphatic heterocycles. The third kappa shape index (κ3) is 4.92. The molecule has 2 heterocycles. The molecule has 0 bridgehead atoms. The number of nitrogens with zero attached hydrogens (tertiary/aromatic N) is 3. The molecule has 1 fully saturated rings. The van der Waals surface area contributed by atoms with Gasteiger partial charge >= 0.3 is 5.97 Å². The van der Waals surface area contributed by atoms with Crippen molar-refractivity contribution >= 4 is 5.97 Å². The number of esters is 1. The van der Waals surface area contributed by atoms with E-state index < -0.39 is 0 Å². The Kier molecular flexibility index (Phi) is 6.56. The van der Waals surface area contributed by atoms with E-state index in [9.17, 15) is 4.79 Å². The van der Waals surface area contributed by atoms with E-state index in [0.29, 0.717) is 6.04 Å². The number of pyridine rings is 2. The number of methoxy groups -OCH3 is 1. The lowest BCUT2D eigenvalue weighted by molar-refractivity contribution is -0.147. The maximum absolute atomic E-state index is 11.9. The van der Waals surface area contributed by atoms with Crippen LogP contribution in [0.25, 0.3) is 0 Å². The molecule has 0 spiro atoms. The molecular weight excluding hydrogens is 338 g/mol. The van der Waals surface area contributed by atoms with E-state index in [0.717, 1.165) is 50.2 Å². The standard InChI is InChI=1S/C22H29N3O2/c1-16-6-4-12-23-20(16)14-25(15-21-17(2)7-5-13-24-21)19-10-8-18(9-11-19)22(26)27-3/h4-7,12-13,18-19H,8-11,14-15H2,1-3H3/t18-,19-. The fourth-order valence-electron chi connectivity index (χ4n) is 3.91. The van der Waals surface area contributed by atoms with Gasteiger partial charge in [-0.05, 0) is 62.8 Å². The lowest BCUT2D eigenvalue weighted by atomic mass is 9.85. The summed E-state index contributed by atoms with van der Waals surface area (Å²) >= 11 is 0. The zero-order chi connectivity index (χ0) is 19.2. The van der Waals surface area contributed by atoms with Gasteiger partial charge in [0.25, 0.3) is 0 Å². The van der Waals surface area contributed by atoms with Crippen molar-refractivity contribution in [2.75, 3.05) is 7.11 Å². The van der Waals surface area contributed by atoms with Gasteiger partial charge in [-0.1, -0.05) is 12.1 Å². The van der Waals surface area contributed by atoms with Crippen LogP contribution in [0.4, 0.5) is 0 Å². The molecule has 0 aromatic carbocycles. The summed E-state index contributed by atoms with van der Waals surface area (Å²) in [6.45, 7) is 5.83. The number of hydrogen-bond donors (Lipinski definition) is 0. The Labute approximate surface area is 161 Å². The minimum Gasteiger partial charge on any atom is -0.469 e. The minimum absolute atomic E-state index is 0.0428. The molecular formula is C22H29N3O2. The largest absolute Gasteiger partial charge is 0.469 e. The van der Waals surface area contributed by atoms with Crippen molar-refractivity contribution < 1.29 is 9.53 Å². The molecule has 1 saturated carbocycles. The predicted octanol–water partition coefficient (Wildman–Crippen LogP) is 3.83. The van der Waals surface area contributed by atoms with Gasteiger partial charge in [0.1, 0.15) is 0 Å². The maximum atomic E-state index is 11.9. The number of ether oxygens (including phenoxy) is 1. The molecule has 1 aliphatic rings. The first-order chi connectivity index (χ1) is 13.1. The normalized spacial score (nSPS) is 19.9. The quantitative estimate of drug-likeness (QED) is 0.727. The van der Waals surface area contributed by atoms with Gasteiger partial charge in [-0.2, -0.15) is 0 Å². The fraction of sp³-hybridized carbons (Fsp3) is 0.500. The lowest BCUT2D eigenvalue weighted by Crippen LogP contribution is -2.39. The van der Waals surface area contributed by atoms with Crippen molar-refractivity contribution in [2.24, 2.45) is 5.92 Å². The van der Waals surface area contributed by atoms with Gasteiger partial charge in [-0.25, -0.2) is 0 Å². The Balaban J connectivity index is 1.77. The van der Waals surface area contributed by atoms with Gasteiger partial charge in [0.2, 0.25) is 0 Å². The Morgan fingerprint density at radius 1 is 1.00 bits per heavy atom. The number of carbonyl (C=O) groups is 1. The van der Waals surface area contributed by atoms with Crippen LogP contribution < -0.4 is 0 Å². The molecule has 3 rings (SSSR count). The number of aromatic nitrogens is 2. The second kappa shape index (κ2) is 9.09.